The van der Waals surface area contributed by atoms with E-state index in [0.717, 1.165) is 31.7 Å². The van der Waals surface area contributed by atoms with Gasteiger partial charge in [-0.3, -0.25) is 4.90 Å². The van der Waals surface area contributed by atoms with E-state index in [2.05, 4.69) is 29.2 Å². The molecule has 3 fully saturated rings. The number of hydrogen-bond acceptors (Lipinski definition) is 4. The van der Waals surface area contributed by atoms with E-state index >= 15 is 0 Å². The highest BCUT2D eigenvalue weighted by Crippen LogP contribution is 2.37. The third-order valence-corrected chi connectivity index (χ3v) is 6.67. The van der Waals surface area contributed by atoms with Gasteiger partial charge in [-0.05, 0) is 64.5 Å². The second-order valence-electron chi connectivity index (χ2n) is 8.60. The lowest BCUT2D eigenvalue weighted by Gasteiger charge is -2.43. The molecule has 0 aromatic heterocycles. The van der Waals surface area contributed by atoms with Crippen LogP contribution >= 0.6 is 0 Å². The lowest BCUT2D eigenvalue weighted by Crippen LogP contribution is -2.52. The highest BCUT2D eigenvalue weighted by Gasteiger charge is 2.44. The summed E-state index contributed by atoms with van der Waals surface area (Å²) < 4.78 is 12.1. The zero-order chi connectivity index (χ0) is 18.0. The van der Waals surface area contributed by atoms with Gasteiger partial charge in [-0.15, -0.1) is 0 Å². The number of rotatable bonds is 5. The van der Waals surface area contributed by atoms with Crippen LogP contribution in [0.25, 0.3) is 0 Å². The van der Waals surface area contributed by atoms with Gasteiger partial charge in [-0.1, -0.05) is 18.2 Å². The summed E-state index contributed by atoms with van der Waals surface area (Å²) in [5, 5.41) is 10.9. The molecule has 1 N–H and O–H groups in total. The first kappa shape index (κ1) is 18.3. The van der Waals surface area contributed by atoms with Gasteiger partial charge in [0.25, 0.3) is 0 Å². The van der Waals surface area contributed by atoms with Gasteiger partial charge in [0.1, 0.15) is 5.75 Å². The largest absolute Gasteiger partial charge is 0.490 e. The molecule has 3 atom stereocenters. The third-order valence-electron chi connectivity index (χ3n) is 6.67. The maximum atomic E-state index is 10.9. The minimum atomic E-state index is -0.620. The summed E-state index contributed by atoms with van der Waals surface area (Å²) in [5.41, 5.74) is 0.661. The lowest BCUT2D eigenvalue weighted by atomic mass is 9.79. The average molecular weight is 360 g/mol. The van der Waals surface area contributed by atoms with Crippen LogP contribution in [0.2, 0.25) is 0 Å². The molecule has 4 nitrogen and oxygen atoms in total. The van der Waals surface area contributed by atoms with Crippen LogP contribution in [-0.2, 0) is 11.3 Å². The molecule has 0 unspecified atom stereocenters. The van der Waals surface area contributed by atoms with Crippen LogP contribution in [0, 0.1) is 5.92 Å². The Balaban J connectivity index is 1.47. The Kier molecular flexibility index (Phi) is 5.53. The van der Waals surface area contributed by atoms with E-state index in [1.165, 1.54) is 37.7 Å². The molecule has 3 aliphatic rings. The van der Waals surface area contributed by atoms with E-state index in [0.29, 0.717) is 25.4 Å². The summed E-state index contributed by atoms with van der Waals surface area (Å²) in [7, 11) is 0. The van der Waals surface area contributed by atoms with E-state index in [-0.39, 0.29) is 5.92 Å². The maximum absolute atomic E-state index is 10.9. The molecule has 4 rings (SSSR count). The molecule has 0 bridgehead atoms. The van der Waals surface area contributed by atoms with Crippen LogP contribution in [-0.4, -0.2) is 47.5 Å². The first-order valence-corrected chi connectivity index (χ1v) is 10.4. The van der Waals surface area contributed by atoms with E-state index in [1.54, 1.807) is 0 Å². The van der Waals surface area contributed by atoms with Crippen LogP contribution in [0.5, 0.6) is 5.75 Å². The summed E-state index contributed by atoms with van der Waals surface area (Å²) in [4.78, 5) is 2.55. The number of nitrogens with zero attached hydrogens (tertiary/aromatic N) is 1. The van der Waals surface area contributed by atoms with E-state index in [1.807, 2.05) is 6.92 Å². The van der Waals surface area contributed by atoms with Gasteiger partial charge in [-0.25, -0.2) is 0 Å². The molecular formula is C22H33NO3. The smallest absolute Gasteiger partial charge is 0.124 e. The van der Waals surface area contributed by atoms with Crippen molar-refractivity contribution in [1.29, 1.82) is 0 Å². The molecule has 0 radical (unpaired) electrons. The average Bonchev–Trinajstić information content (AvgIpc) is 3.28. The van der Waals surface area contributed by atoms with Crippen molar-refractivity contribution < 1.29 is 14.6 Å². The van der Waals surface area contributed by atoms with Crippen LogP contribution in [0.4, 0.5) is 0 Å². The van der Waals surface area contributed by atoms with Crippen LogP contribution in [0.1, 0.15) is 57.4 Å². The Labute approximate surface area is 157 Å². The number of aliphatic hydroxyl groups is 1. The lowest BCUT2D eigenvalue weighted by molar-refractivity contribution is -0.123. The first-order chi connectivity index (χ1) is 12.6. The summed E-state index contributed by atoms with van der Waals surface area (Å²) in [6.45, 7) is 5.34. The van der Waals surface area contributed by atoms with Crippen LogP contribution in [0.15, 0.2) is 24.3 Å². The zero-order valence-corrected chi connectivity index (χ0v) is 16.0. The molecule has 1 saturated carbocycles. The fourth-order valence-electron chi connectivity index (χ4n) is 5.04. The van der Waals surface area contributed by atoms with Crippen molar-refractivity contribution in [3.05, 3.63) is 29.8 Å². The van der Waals surface area contributed by atoms with Crippen LogP contribution < -0.4 is 4.74 Å². The summed E-state index contributed by atoms with van der Waals surface area (Å²) in [6, 6.07) is 8.91. The van der Waals surface area contributed by atoms with E-state index < -0.39 is 5.60 Å². The summed E-state index contributed by atoms with van der Waals surface area (Å²) in [6.07, 6.45) is 8.42. The fraction of sp³-hybridized carbons (Fsp3) is 0.727. The highest BCUT2D eigenvalue weighted by molar-refractivity contribution is 5.33. The van der Waals surface area contributed by atoms with Crippen LogP contribution in [0.3, 0.4) is 0 Å². The van der Waals surface area contributed by atoms with E-state index in [9.17, 15) is 5.11 Å². The maximum Gasteiger partial charge on any atom is 0.124 e. The quantitative estimate of drug-likeness (QED) is 0.869. The second kappa shape index (κ2) is 7.87. The second-order valence-corrected chi connectivity index (χ2v) is 8.60. The monoisotopic (exact) mass is 359 g/mol. The highest BCUT2D eigenvalue weighted by atomic mass is 16.5. The van der Waals surface area contributed by atoms with Gasteiger partial charge in [0.2, 0.25) is 0 Å². The van der Waals surface area contributed by atoms with Crippen molar-refractivity contribution in [1.82, 2.24) is 4.90 Å². The van der Waals surface area contributed by atoms with Gasteiger partial charge in [0, 0.05) is 30.7 Å². The van der Waals surface area contributed by atoms with Gasteiger partial charge in [-0.2, -0.15) is 0 Å². The fourth-order valence-corrected chi connectivity index (χ4v) is 5.04. The molecule has 0 amide bonds. The number of likely N-dealkylation sites (tertiary alicyclic amines) is 1. The zero-order valence-electron chi connectivity index (χ0n) is 16.0. The topological polar surface area (TPSA) is 41.9 Å². The molecule has 0 spiro atoms. The molecule has 1 aromatic carbocycles. The number of benzene rings is 1. The Morgan fingerprint density at radius 1 is 1.19 bits per heavy atom. The van der Waals surface area contributed by atoms with Gasteiger partial charge in [0.15, 0.2) is 0 Å². The molecule has 1 aliphatic carbocycles. The molecule has 2 aliphatic heterocycles. The molecule has 4 heteroatoms. The molecule has 2 heterocycles. The van der Waals surface area contributed by atoms with Gasteiger partial charge >= 0.3 is 0 Å². The normalized spacial score (nSPS) is 33.6. The summed E-state index contributed by atoms with van der Waals surface area (Å²) in [5.74, 6) is 1.25. The van der Waals surface area contributed by atoms with E-state index in [4.69, 9.17) is 9.47 Å². The molecular weight excluding hydrogens is 326 g/mol. The summed E-state index contributed by atoms with van der Waals surface area (Å²) >= 11 is 0. The Morgan fingerprint density at radius 2 is 2.00 bits per heavy atom. The SMILES string of the molecule is C[C@]1(O)CCOC[C@@H]1[C@@H]1CCCN1Cc1ccccc1OC1CCCC1. The van der Waals surface area contributed by atoms with Crippen molar-refractivity contribution >= 4 is 0 Å². The predicted molar refractivity (Wildman–Crippen MR) is 102 cm³/mol. The van der Waals surface area contributed by atoms with Crippen molar-refractivity contribution in [3.63, 3.8) is 0 Å². The molecule has 2 saturated heterocycles. The number of hydrogen-bond donors (Lipinski definition) is 1. The standard InChI is InChI=1S/C22H33NO3/c1-22(24)12-14-25-16-19(22)20-10-6-13-23(20)15-17-7-2-5-11-21(17)26-18-8-3-4-9-18/h2,5,7,11,18-20,24H,3-4,6,8-10,12-16H2,1H3/t19-,20+,22+/m1/s1. The minimum absolute atomic E-state index is 0.196. The van der Waals surface area contributed by atoms with Crippen molar-refractivity contribution in [2.75, 3.05) is 19.8 Å². The Morgan fingerprint density at radius 3 is 2.81 bits per heavy atom. The number of para-hydroxylation sites is 1. The molecule has 1 aromatic rings. The van der Waals surface area contributed by atoms with Crippen molar-refractivity contribution in [3.8, 4) is 5.75 Å². The Hall–Kier alpha value is -1.10. The van der Waals surface area contributed by atoms with Gasteiger partial charge < -0.3 is 14.6 Å². The number of ether oxygens (including phenoxy) is 2. The third kappa shape index (κ3) is 3.92. The molecule has 26 heavy (non-hydrogen) atoms. The Bertz CT molecular complexity index is 597. The minimum Gasteiger partial charge on any atom is -0.490 e. The van der Waals surface area contributed by atoms with Crippen molar-refractivity contribution in [2.45, 2.75) is 76.2 Å². The molecule has 144 valence electrons. The predicted octanol–water partition coefficient (Wildman–Crippen LogP) is 3.76. The van der Waals surface area contributed by atoms with Crippen molar-refractivity contribution in [2.24, 2.45) is 5.92 Å². The first-order valence-electron chi connectivity index (χ1n) is 10.4. The van der Waals surface area contributed by atoms with Gasteiger partial charge in [0.05, 0.1) is 18.3 Å².